The minimum absolute atomic E-state index is 0.0713. The van der Waals surface area contributed by atoms with Gasteiger partial charge in [-0.05, 0) is 76.7 Å². The van der Waals surface area contributed by atoms with E-state index in [-0.39, 0.29) is 18.4 Å². The van der Waals surface area contributed by atoms with Crippen molar-refractivity contribution in [2.75, 3.05) is 19.6 Å². The average molecular weight is 523 g/mol. The molecule has 0 saturated carbocycles. The van der Waals surface area contributed by atoms with E-state index < -0.39 is 18.0 Å². The monoisotopic (exact) mass is 522 g/mol. The molecule has 0 aliphatic carbocycles. The number of aromatic nitrogens is 3. The maximum atomic E-state index is 13.4. The van der Waals surface area contributed by atoms with Crippen LogP contribution in [-0.2, 0) is 27.3 Å². The highest BCUT2D eigenvalue weighted by atomic mass is 16.5. The van der Waals surface area contributed by atoms with Crippen LogP contribution >= 0.6 is 0 Å². The number of carboxylic acids is 1. The van der Waals surface area contributed by atoms with Crippen LogP contribution in [0.3, 0.4) is 0 Å². The summed E-state index contributed by atoms with van der Waals surface area (Å²) >= 11 is 0. The van der Waals surface area contributed by atoms with Gasteiger partial charge in [-0.25, -0.2) is 4.98 Å². The summed E-state index contributed by atoms with van der Waals surface area (Å²) in [6, 6.07) is 6.22. The second-order valence-electron chi connectivity index (χ2n) is 10.4. The summed E-state index contributed by atoms with van der Waals surface area (Å²) in [5, 5.41) is 14.3. The fraction of sp³-hybridized carbons (Fsp3) is 0.536. The highest BCUT2D eigenvalue weighted by Gasteiger charge is 2.29. The van der Waals surface area contributed by atoms with Crippen molar-refractivity contribution in [2.45, 2.75) is 77.4 Å². The molecular weight excluding hydrogens is 488 g/mol. The molecule has 2 aromatic heterocycles. The Balaban J connectivity index is 1.21. The minimum Gasteiger partial charge on any atom is -0.481 e. The van der Waals surface area contributed by atoms with Gasteiger partial charge in [0.25, 0.3) is 5.56 Å². The number of likely N-dealkylation sites (tertiary alicyclic amines) is 1. The third kappa shape index (κ3) is 5.50. The minimum atomic E-state index is -1.05. The zero-order valence-electron chi connectivity index (χ0n) is 21.9. The van der Waals surface area contributed by atoms with Crippen LogP contribution in [0.15, 0.2) is 27.5 Å². The van der Waals surface area contributed by atoms with E-state index in [0.29, 0.717) is 48.8 Å². The van der Waals surface area contributed by atoms with Crippen molar-refractivity contribution in [3.05, 3.63) is 56.9 Å². The first-order chi connectivity index (χ1) is 18.3. The molecule has 0 radical (unpaired) electrons. The standard InChI is InChI=1S/C28H34N4O6/c1-17-5-6-21-23(16-17)38-30-26(21)19-9-13-31(14-10-19)15-11-20-18(2)29-27-22(4-3-12-32(27)28(20)36)37-25(35)8-7-24(33)34/h5-6,16,19,22H,3-4,7-15H2,1-2H3,(H,33,34). The normalized spacial score (nSPS) is 18.4. The number of carbonyl (C=O) groups excluding carboxylic acids is 1. The smallest absolute Gasteiger partial charge is 0.307 e. The number of hydrogen-bond donors (Lipinski definition) is 1. The highest BCUT2D eigenvalue weighted by Crippen LogP contribution is 2.33. The van der Waals surface area contributed by atoms with E-state index in [2.05, 4.69) is 27.2 Å². The number of carboxylic acid groups (broad SMARTS) is 1. The van der Waals surface area contributed by atoms with Crippen LogP contribution in [0, 0.1) is 13.8 Å². The van der Waals surface area contributed by atoms with Gasteiger partial charge in [0.05, 0.1) is 18.5 Å². The van der Waals surface area contributed by atoms with Crippen LogP contribution in [-0.4, -0.2) is 56.3 Å². The zero-order chi connectivity index (χ0) is 26.8. The predicted molar refractivity (Wildman–Crippen MR) is 139 cm³/mol. The van der Waals surface area contributed by atoms with E-state index in [1.807, 2.05) is 19.9 Å². The maximum absolute atomic E-state index is 13.4. The Labute approximate surface area is 220 Å². The predicted octanol–water partition coefficient (Wildman–Crippen LogP) is 3.67. The van der Waals surface area contributed by atoms with Gasteiger partial charge in [-0.1, -0.05) is 11.2 Å². The average Bonchev–Trinajstić information content (AvgIpc) is 3.31. The Kier molecular flexibility index (Phi) is 7.60. The van der Waals surface area contributed by atoms with E-state index >= 15 is 0 Å². The molecule has 0 spiro atoms. The van der Waals surface area contributed by atoms with Crippen LogP contribution in [0.25, 0.3) is 11.0 Å². The maximum Gasteiger partial charge on any atom is 0.307 e. The largest absolute Gasteiger partial charge is 0.481 e. The molecule has 1 saturated heterocycles. The number of carbonyl (C=O) groups is 2. The molecule has 10 nitrogen and oxygen atoms in total. The molecule has 3 aromatic rings. The Hall–Kier alpha value is -3.53. The zero-order valence-corrected chi connectivity index (χ0v) is 21.9. The van der Waals surface area contributed by atoms with Crippen molar-refractivity contribution in [1.29, 1.82) is 0 Å². The van der Waals surface area contributed by atoms with E-state index in [4.69, 9.17) is 14.4 Å². The number of aryl methyl sites for hydroxylation is 2. The topological polar surface area (TPSA) is 128 Å². The van der Waals surface area contributed by atoms with Crippen LogP contribution in [0.1, 0.15) is 78.9 Å². The number of benzene rings is 1. The van der Waals surface area contributed by atoms with E-state index in [0.717, 1.165) is 54.7 Å². The van der Waals surface area contributed by atoms with Crippen LogP contribution < -0.4 is 5.56 Å². The number of hydrogen-bond acceptors (Lipinski definition) is 8. The second-order valence-corrected chi connectivity index (χ2v) is 10.4. The molecule has 1 fully saturated rings. The first kappa shape index (κ1) is 26.1. The summed E-state index contributed by atoms with van der Waals surface area (Å²) in [6.45, 7) is 7.05. The van der Waals surface area contributed by atoms with Crippen molar-refractivity contribution >= 4 is 22.9 Å². The lowest BCUT2D eigenvalue weighted by atomic mass is 9.91. The summed E-state index contributed by atoms with van der Waals surface area (Å²) in [7, 11) is 0. The molecule has 202 valence electrons. The van der Waals surface area contributed by atoms with Crippen LogP contribution in [0.4, 0.5) is 0 Å². The molecule has 1 aromatic carbocycles. The van der Waals surface area contributed by atoms with Gasteiger partial charge < -0.3 is 19.3 Å². The van der Waals surface area contributed by atoms with Gasteiger partial charge >= 0.3 is 11.9 Å². The summed E-state index contributed by atoms with van der Waals surface area (Å²) < 4.78 is 12.7. The third-order valence-electron chi connectivity index (χ3n) is 7.76. The quantitative estimate of drug-likeness (QED) is 0.441. The van der Waals surface area contributed by atoms with E-state index in [1.165, 1.54) is 0 Å². The van der Waals surface area contributed by atoms with Gasteiger partial charge in [-0.2, -0.15) is 0 Å². The van der Waals surface area contributed by atoms with Gasteiger partial charge in [0.1, 0.15) is 0 Å². The number of esters is 1. The lowest BCUT2D eigenvalue weighted by Gasteiger charge is -2.31. The lowest BCUT2D eigenvalue weighted by Crippen LogP contribution is -2.38. The Morgan fingerprint density at radius 2 is 1.92 bits per heavy atom. The van der Waals surface area contributed by atoms with Crippen molar-refractivity contribution in [3.63, 3.8) is 0 Å². The molecule has 1 unspecified atom stereocenters. The number of ether oxygens (including phenoxy) is 1. The Morgan fingerprint density at radius 1 is 1.13 bits per heavy atom. The molecule has 0 bridgehead atoms. The SMILES string of the molecule is Cc1ccc2c(C3CCN(CCc4c(C)nc5n(c4=O)CCCC5OC(=O)CCC(=O)O)CC3)noc2c1. The molecular formula is C28H34N4O6. The van der Waals surface area contributed by atoms with Gasteiger partial charge in [0.15, 0.2) is 17.5 Å². The molecule has 2 aliphatic rings. The van der Waals surface area contributed by atoms with Crippen molar-refractivity contribution in [2.24, 2.45) is 0 Å². The van der Waals surface area contributed by atoms with Gasteiger partial charge in [0.2, 0.25) is 0 Å². The molecule has 0 amide bonds. The number of aliphatic carboxylic acids is 1. The van der Waals surface area contributed by atoms with Gasteiger partial charge in [0, 0.05) is 35.7 Å². The number of piperidine rings is 1. The molecule has 38 heavy (non-hydrogen) atoms. The summed E-state index contributed by atoms with van der Waals surface area (Å²) in [5.74, 6) is -0.809. The Morgan fingerprint density at radius 3 is 2.68 bits per heavy atom. The molecule has 1 N–H and O–H groups in total. The number of rotatable bonds is 8. The molecule has 2 aliphatic heterocycles. The van der Waals surface area contributed by atoms with Crippen molar-refractivity contribution in [1.82, 2.24) is 19.6 Å². The summed E-state index contributed by atoms with van der Waals surface area (Å²) in [6.07, 6.45) is 2.75. The molecule has 5 rings (SSSR count). The highest BCUT2D eigenvalue weighted by molar-refractivity contribution is 5.80. The fourth-order valence-corrected chi connectivity index (χ4v) is 5.63. The molecule has 1 atom stereocenters. The Bertz CT molecular complexity index is 1400. The van der Waals surface area contributed by atoms with Crippen molar-refractivity contribution in [3.8, 4) is 0 Å². The van der Waals surface area contributed by atoms with Gasteiger partial charge in [-0.3, -0.25) is 19.0 Å². The lowest BCUT2D eigenvalue weighted by molar-refractivity contribution is -0.153. The fourth-order valence-electron chi connectivity index (χ4n) is 5.63. The third-order valence-corrected chi connectivity index (χ3v) is 7.76. The van der Waals surface area contributed by atoms with Gasteiger partial charge in [-0.15, -0.1) is 0 Å². The van der Waals surface area contributed by atoms with Crippen LogP contribution in [0.2, 0.25) is 0 Å². The van der Waals surface area contributed by atoms with Crippen LogP contribution in [0.5, 0.6) is 0 Å². The molecule has 10 heteroatoms. The summed E-state index contributed by atoms with van der Waals surface area (Å²) in [4.78, 5) is 43.3. The van der Waals surface area contributed by atoms with E-state index in [1.54, 1.807) is 4.57 Å². The summed E-state index contributed by atoms with van der Waals surface area (Å²) in [5.41, 5.74) is 4.34. The number of nitrogens with zero attached hydrogens (tertiary/aromatic N) is 4. The first-order valence-electron chi connectivity index (χ1n) is 13.4. The van der Waals surface area contributed by atoms with E-state index in [9.17, 15) is 14.4 Å². The second kappa shape index (κ2) is 11.1. The van der Waals surface area contributed by atoms with Crippen molar-refractivity contribution < 1.29 is 24.0 Å². The molecule has 4 heterocycles. The first-order valence-corrected chi connectivity index (χ1v) is 13.4. The number of fused-ring (bicyclic) bond motifs is 2.